The van der Waals surface area contributed by atoms with E-state index in [9.17, 15) is 4.79 Å². The van der Waals surface area contributed by atoms with Gasteiger partial charge in [-0.3, -0.25) is 4.79 Å². The molecule has 21 heavy (non-hydrogen) atoms. The molecule has 6 heteroatoms. The summed E-state index contributed by atoms with van der Waals surface area (Å²) < 4.78 is 7.25. The molecule has 1 aliphatic rings. The number of benzene rings is 1. The Kier molecular flexibility index (Phi) is 6.08. The fourth-order valence-electron chi connectivity index (χ4n) is 2.01. The van der Waals surface area contributed by atoms with Crippen LogP contribution in [0, 0.1) is 5.92 Å². The van der Waals surface area contributed by atoms with E-state index in [0.717, 1.165) is 27.5 Å². The molecule has 0 aromatic heterocycles. The number of hydrogen-bond acceptors (Lipinski definition) is 3. The Morgan fingerprint density at radius 1 is 1.43 bits per heavy atom. The van der Waals surface area contributed by atoms with E-state index in [4.69, 9.17) is 10.5 Å². The van der Waals surface area contributed by atoms with Gasteiger partial charge in [0.2, 0.25) is 0 Å². The molecule has 2 rings (SSSR count). The lowest BCUT2D eigenvalue weighted by atomic mass is 10.1. The summed E-state index contributed by atoms with van der Waals surface area (Å²) in [5, 5.41) is 2.88. The van der Waals surface area contributed by atoms with Gasteiger partial charge in [0.15, 0.2) is 6.61 Å². The van der Waals surface area contributed by atoms with E-state index < -0.39 is 0 Å². The van der Waals surface area contributed by atoms with Crippen LogP contribution < -0.4 is 15.8 Å². The molecule has 1 aromatic rings. The Bertz CT molecular complexity index is 493. The molecule has 3 N–H and O–H groups in total. The third kappa shape index (κ3) is 5.60. The summed E-state index contributed by atoms with van der Waals surface area (Å²) in [5.74, 6) is 1.23. The Hall–Kier alpha value is -0.590. The number of carbonyl (C=O) groups excluding carboxylic acids is 1. The lowest BCUT2D eigenvalue weighted by Crippen LogP contribution is -2.30. The van der Waals surface area contributed by atoms with Crippen molar-refractivity contribution in [3.63, 3.8) is 0 Å². The third-order valence-corrected chi connectivity index (χ3v) is 4.43. The molecule has 1 atom stereocenters. The molecule has 116 valence electrons. The van der Waals surface area contributed by atoms with Crippen LogP contribution in [0.3, 0.4) is 0 Å². The highest BCUT2D eigenvalue weighted by atomic mass is 79.9. The van der Waals surface area contributed by atoms with Crippen LogP contribution in [0.5, 0.6) is 5.75 Å². The van der Waals surface area contributed by atoms with Crippen LogP contribution in [-0.4, -0.2) is 25.1 Å². The topological polar surface area (TPSA) is 64.3 Å². The second kappa shape index (κ2) is 7.61. The Balaban J connectivity index is 1.90. The van der Waals surface area contributed by atoms with Crippen molar-refractivity contribution in [3.05, 3.63) is 26.6 Å². The minimum Gasteiger partial charge on any atom is -0.481 e. The monoisotopic (exact) mass is 418 g/mol. The number of carbonyl (C=O) groups is 1. The zero-order chi connectivity index (χ0) is 15.4. The molecule has 1 fully saturated rings. The van der Waals surface area contributed by atoms with Crippen molar-refractivity contribution in [2.75, 3.05) is 13.2 Å². The number of amides is 1. The first kappa shape index (κ1) is 16.8. The van der Waals surface area contributed by atoms with E-state index in [1.165, 1.54) is 12.8 Å². The molecule has 1 unspecified atom stereocenters. The van der Waals surface area contributed by atoms with Crippen molar-refractivity contribution in [1.82, 2.24) is 5.32 Å². The van der Waals surface area contributed by atoms with Crippen molar-refractivity contribution in [3.8, 4) is 5.75 Å². The molecular formula is C15H20Br2N2O2. The molecule has 4 nitrogen and oxygen atoms in total. The van der Waals surface area contributed by atoms with Crippen molar-refractivity contribution in [2.24, 2.45) is 11.7 Å². The summed E-state index contributed by atoms with van der Waals surface area (Å²) in [7, 11) is 0. The maximum absolute atomic E-state index is 11.7. The number of hydrogen-bond donors (Lipinski definition) is 2. The molecule has 1 amide bonds. The van der Waals surface area contributed by atoms with Gasteiger partial charge in [-0.25, -0.2) is 0 Å². The highest BCUT2D eigenvalue weighted by Gasteiger charge is 2.21. The van der Waals surface area contributed by atoms with E-state index in [1.807, 2.05) is 19.1 Å². The Morgan fingerprint density at radius 2 is 2.05 bits per heavy atom. The second-order valence-electron chi connectivity index (χ2n) is 5.61. The van der Waals surface area contributed by atoms with E-state index in [0.29, 0.717) is 11.7 Å². The number of nitrogens with one attached hydrogen (secondary N) is 1. The van der Waals surface area contributed by atoms with Gasteiger partial charge >= 0.3 is 0 Å². The summed E-state index contributed by atoms with van der Waals surface area (Å²) in [6.07, 6.45) is 3.23. The smallest absolute Gasteiger partial charge is 0.257 e. The largest absolute Gasteiger partial charge is 0.481 e. The summed E-state index contributed by atoms with van der Waals surface area (Å²) >= 11 is 6.97. The van der Waals surface area contributed by atoms with Crippen molar-refractivity contribution in [1.29, 1.82) is 0 Å². The van der Waals surface area contributed by atoms with Crippen LogP contribution in [0.25, 0.3) is 0 Å². The SMILES string of the molecule is CC(N)Cc1cc(Br)c(OCC(=O)NCC2CC2)c(Br)c1. The highest BCUT2D eigenvalue weighted by Crippen LogP contribution is 2.35. The van der Waals surface area contributed by atoms with Crippen LogP contribution in [0.1, 0.15) is 25.3 Å². The first-order valence-electron chi connectivity index (χ1n) is 7.08. The third-order valence-electron chi connectivity index (χ3n) is 3.25. The van der Waals surface area contributed by atoms with Gasteiger partial charge in [0.25, 0.3) is 5.91 Å². The minimum atomic E-state index is -0.0830. The fraction of sp³-hybridized carbons (Fsp3) is 0.533. The standard InChI is InChI=1S/C15H20Br2N2O2/c1-9(18)4-11-5-12(16)15(13(17)6-11)21-8-14(20)19-7-10-2-3-10/h5-6,9-10H,2-4,7-8,18H2,1H3,(H,19,20). The van der Waals surface area contributed by atoms with Crippen LogP contribution in [-0.2, 0) is 11.2 Å². The molecule has 0 spiro atoms. The van der Waals surface area contributed by atoms with E-state index in [-0.39, 0.29) is 18.6 Å². The quantitative estimate of drug-likeness (QED) is 0.713. The lowest BCUT2D eigenvalue weighted by Gasteiger charge is -2.13. The van der Waals surface area contributed by atoms with Crippen LogP contribution in [0.2, 0.25) is 0 Å². The van der Waals surface area contributed by atoms with Gasteiger partial charge in [0.05, 0.1) is 8.95 Å². The van der Waals surface area contributed by atoms with Crippen LogP contribution in [0.4, 0.5) is 0 Å². The minimum absolute atomic E-state index is 0.0244. The molecule has 0 saturated heterocycles. The molecule has 1 saturated carbocycles. The van der Waals surface area contributed by atoms with Gasteiger partial charge in [-0.15, -0.1) is 0 Å². The average molecular weight is 420 g/mol. The summed E-state index contributed by atoms with van der Waals surface area (Å²) in [5.41, 5.74) is 6.93. The van der Waals surface area contributed by atoms with E-state index >= 15 is 0 Å². The van der Waals surface area contributed by atoms with Gasteiger partial charge in [-0.05, 0) is 81.7 Å². The first-order valence-corrected chi connectivity index (χ1v) is 8.67. The summed E-state index contributed by atoms with van der Waals surface area (Å²) in [6.45, 7) is 2.75. The zero-order valence-electron chi connectivity index (χ0n) is 12.0. The van der Waals surface area contributed by atoms with Gasteiger partial charge in [0.1, 0.15) is 5.75 Å². The van der Waals surface area contributed by atoms with Gasteiger partial charge < -0.3 is 15.8 Å². The number of rotatable bonds is 7. The lowest BCUT2D eigenvalue weighted by molar-refractivity contribution is -0.123. The Labute approximate surface area is 142 Å². The van der Waals surface area contributed by atoms with Gasteiger partial charge in [-0.2, -0.15) is 0 Å². The maximum atomic E-state index is 11.7. The van der Waals surface area contributed by atoms with E-state index in [1.54, 1.807) is 0 Å². The number of halogens is 2. The highest BCUT2D eigenvalue weighted by molar-refractivity contribution is 9.11. The molecule has 0 radical (unpaired) electrons. The molecule has 1 aliphatic carbocycles. The van der Waals surface area contributed by atoms with Crippen molar-refractivity contribution < 1.29 is 9.53 Å². The normalized spacial score (nSPS) is 15.6. The first-order chi connectivity index (χ1) is 9.95. The molecule has 0 bridgehead atoms. The summed E-state index contributed by atoms with van der Waals surface area (Å²) in [4.78, 5) is 11.7. The molecular weight excluding hydrogens is 400 g/mol. The molecule has 0 aliphatic heterocycles. The Morgan fingerprint density at radius 3 is 2.57 bits per heavy atom. The fourth-order valence-corrected chi connectivity index (χ4v) is 3.52. The van der Waals surface area contributed by atoms with E-state index in [2.05, 4.69) is 37.2 Å². The number of nitrogens with two attached hydrogens (primary N) is 1. The predicted molar refractivity (Wildman–Crippen MR) is 90.4 cm³/mol. The van der Waals surface area contributed by atoms with Gasteiger partial charge in [-0.1, -0.05) is 0 Å². The molecule has 0 heterocycles. The molecule has 1 aromatic carbocycles. The van der Waals surface area contributed by atoms with Gasteiger partial charge in [0, 0.05) is 12.6 Å². The maximum Gasteiger partial charge on any atom is 0.257 e. The van der Waals surface area contributed by atoms with Crippen molar-refractivity contribution in [2.45, 2.75) is 32.2 Å². The van der Waals surface area contributed by atoms with Crippen LogP contribution >= 0.6 is 31.9 Å². The van der Waals surface area contributed by atoms with Crippen molar-refractivity contribution >= 4 is 37.8 Å². The van der Waals surface area contributed by atoms with Crippen LogP contribution in [0.15, 0.2) is 21.1 Å². The zero-order valence-corrected chi connectivity index (χ0v) is 15.2. The predicted octanol–water partition coefficient (Wildman–Crippen LogP) is 3.01. The average Bonchev–Trinajstić information content (AvgIpc) is 3.18. The second-order valence-corrected chi connectivity index (χ2v) is 7.31. The number of ether oxygens (including phenoxy) is 1. The summed E-state index contributed by atoms with van der Waals surface area (Å²) in [6, 6.07) is 4.06.